The van der Waals surface area contributed by atoms with Gasteiger partial charge in [-0.3, -0.25) is 9.48 Å². The summed E-state index contributed by atoms with van der Waals surface area (Å²) < 4.78 is 40.8. The van der Waals surface area contributed by atoms with Gasteiger partial charge in [-0.25, -0.2) is 4.98 Å². The summed E-state index contributed by atoms with van der Waals surface area (Å²) in [5.41, 5.74) is -2.24. The van der Waals surface area contributed by atoms with Gasteiger partial charge >= 0.3 is 6.18 Å². The number of hydrogen-bond donors (Lipinski definition) is 2. The van der Waals surface area contributed by atoms with Crippen LogP contribution >= 0.6 is 0 Å². The molecular weight excluding hydrogens is 440 g/mol. The molecule has 1 amide bonds. The van der Waals surface area contributed by atoms with Crippen LogP contribution in [0.3, 0.4) is 0 Å². The van der Waals surface area contributed by atoms with Crippen LogP contribution in [0.2, 0.25) is 5.11 Å². The van der Waals surface area contributed by atoms with Gasteiger partial charge in [0.1, 0.15) is 16.9 Å². The number of alkyl halides is 3. The van der Waals surface area contributed by atoms with E-state index in [1.165, 1.54) is 6.20 Å². The van der Waals surface area contributed by atoms with E-state index in [9.17, 15) is 18.0 Å². The van der Waals surface area contributed by atoms with Crippen molar-refractivity contribution < 1.29 is 18.0 Å². The van der Waals surface area contributed by atoms with E-state index in [1.54, 1.807) is 13.8 Å². The highest BCUT2D eigenvalue weighted by atomic mass is 19.4. The highest BCUT2D eigenvalue weighted by Gasteiger charge is 2.56. The molecule has 2 N–H and O–H groups in total. The van der Waals surface area contributed by atoms with Crippen molar-refractivity contribution in [2.45, 2.75) is 42.3 Å². The van der Waals surface area contributed by atoms with E-state index in [1.807, 2.05) is 0 Å². The van der Waals surface area contributed by atoms with Crippen molar-refractivity contribution >= 4 is 70.4 Å². The molecule has 0 aromatic carbocycles. The fourth-order valence-corrected chi connectivity index (χ4v) is 3.74. The van der Waals surface area contributed by atoms with Gasteiger partial charge in [0.05, 0.1) is 58.5 Å². The fourth-order valence-electron chi connectivity index (χ4n) is 3.74. The Labute approximate surface area is 203 Å². The third kappa shape index (κ3) is 4.57. The van der Waals surface area contributed by atoms with Crippen LogP contribution in [-0.2, 0) is 16.5 Å². The molecule has 3 rings (SSSR count). The minimum absolute atomic E-state index is 0.00852. The fraction of sp³-hybridized carbons (Fsp3) is 0.529. The van der Waals surface area contributed by atoms with Crippen molar-refractivity contribution in [3.63, 3.8) is 0 Å². The first-order valence-electron chi connectivity index (χ1n) is 10.1. The number of carbonyl (C=O) groups is 1. The van der Waals surface area contributed by atoms with Gasteiger partial charge in [0, 0.05) is 25.5 Å². The number of aryl methyl sites for hydroxylation is 1. The molecule has 0 unspecified atom stereocenters. The SMILES string of the molecule is [B]C([B])([B])N1CC[C@](n2cc(Nc3ncc(C(F)(F)F)c(NCC)n3)c(C)n2)(C([B])([B])[B])C1=O. The molecule has 8 nitrogen and oxygen atoms in total. The topological polar surface area (TPSA) is 88.0 Å². The third-order valence-electron chi connectivity index (χ3n) is 5.45. The minimum Gasteiger partial charge on any atom is -0.370 e. The largest absolute Gasteiger partial charge is 0.421 e. The van der Waals surface area contributed by atoms with Gasteiger partial charge in [-0.2, -0.15) is 23.3 Å². The maximum absolute atomic E-state index is 13.3. The predicted octanol–water partition coefficient (Wildman–Crippen LogP) is -0.201. The van der Waals surface area contributed by atoms with E-state index < -0.39 is 39.4 Å². The van der Waals surface area contributed by atoms with Gasteiger partial charge in [-0.1, -0.05) is 10.4 Å². The Bertz CT molecular complexity index is 1090. The molecule has 2 aromatic heterocycles. The molecule has 1 fully saturated rings. The number of anilines is 3. The summed E-state index contributed by atoms with van der Waals surface area (Å²) in [4.78, 5) is 21.9. The summed E-state index contributed by atoms with van der Waals surface area (Å²) >= 11 is 0. The Morgan fingerprint density at radius 1 is 1.18 bits per heavy atom. The lowest BCUT2D eigenvalue weighted by atomic mass is 9.34. The van der Waals surface area contributed by atoms with Crippen molar-refractivity contribution in [3.8, 4) is 0 Å². The molecule has 34 heavy (non-hydrogen) atoms. The molecule has 17 heteroatoms. The van der Waals surface area contributed by atoms with Crippen LogP contribution in [0.1, 0.15) is 24.6 Å². The Morgan fingerprint density at radius 2 is 1.82 bits per heavy atom. The zero-order valence-corrected chi connectivity index (χ0v) is 18.5. The average Bonchev–Trinajstić information content (AvgIpc) is 3.21. The second-order valence-corrected chi connectivity index (χ2v) is 8.07. The number of carbonyl (C=O) groups excluding carboxylic acids is 1. The first kappa shape index (κ1) is 26.1. The zero-order chi connectivity index (χ0) is 25.7. The quantitative estimate of drug-likeness (QED) is 0.562. The van der Waals surface area contributed by atoms with Crippen molar-refractivity contribution in [2.75, 3.05) is 23.7 Å². The number of halogens is 3. The molecule has 12 radical (unpaired) electrons. The van der Waals surface area contributed by atoms with Crippen LogP contribution in [0.5, 0.6) is 0 Å². The van der Waals surface area contributed by atoms with Gasteiger partial charge in [0.25, 0.3) is 0 Å². The molecule has 0 saturated carbocycles. The number of aromatic nitrogens is 4. The van der Waals surface area contributed by atoms with E-state index in [-0.39, 0.29) is 31.1 Å². The number of nitrogens with zero attached hydrogens (tertiary/aromatic N) is 5. The Kier molecular flexibility index (Phi) is 6.64. The maximum Gasteiger partial charge on any atom is 0.421 e. The summed E-state index contributed by atoms with van der Waals surface area (Å²) in [6, 6.07) is 0. The van der Waals surface area contributed by atoms with Gasteiger partial charge in [-0.15, -0.1) is 0 Å². The molecule has 0 bridgehead atoms. The summed E-state index contributed by atoms with van der Waals surface area (Å²) in [6.45, 7) is 3.39. The maximum atomic E-state index is 13.3. The molecule has 0 aliphatic carbocycles. The predicted molar refractivity (Wildman–Crippen MR) is 126 cm³/mol. The van der Waals surface area contributed by atoms with Crippen molar-refractivity contribution in [1.29, 1.82) is 0 Å². The molecule has 1 atom stereocenters. The smallest absolute Gasteiger partial charge is 0.370 e. The standard InChI is InChI=1S/C17H16B6F3N7O/c1-3-27-11-9(15(24,25)26)6-28-13(30-11)29-10-7-33(31-8(10)2)14(16(18,19)20)4-5-32(12(14)34)17(21,22)23/h6-7H,3-5H2,1-2H3,(H2,27,28,29,30)/t14-/m1/s1. The molecule has 2 aromatic rings. The number of hydrogen-bond acceptors (Lipinski definition) is 6. The lowest BCUT2D eigenvalue weighted by Gasteiger charge is -2.43. The van der Waals surface area contributed by atoms with Gasteiger partial charge in [0.15, 0.2) is 0 Å². The van der Waals surface area contributed by atoms with Gasteiger partial charge in [0.2, 0.25) is 11.9 Å². The third-order valence-corrected chi connectivity index (χ3v) is 5.45. The number of amides is 1. The lowest BCUT2D eigenvalue weighted by Crippen LogP contribution is -2.58. The summed E-state index contributed by atoms with van der Waals surface area (Å²) in [5, 5.41) is 5.54. The normalized spacial score (nSPS) is 19.4. The number of likely N-dealkylation sites (tertiary alicyclic amines) is 1. The lowest BCUT2D eigenvalue weighted by molar-refractivity contribution is -0.137. The van der Waals surface area contributed by atoms with Crippen LogP contribution < -0.4 is 10.6 Å². The Hall–Kier alpha value is -2.46. The van der Waals surface area contributed by atoms with E-state index in [0.29, 0.717) is 11.9 Å². The van der Waals surface area contributed by atoms with Gasteiger partial charge in [-0.05, 0) is 20.3 Å². The monoisotopic (exact) mass is 457 g/mol. The van der Waals surface area contributed by atoms with E-state index in [4.69, 9.17) is 47.1 Å². The first-order valence-corrected chi connectivity index (χ1v) is 10.1. The molecule has 1 aliphatic rings. The second kappa shape index (κ2) is 8.64. The van der Waals surface area contributed by atoms with E-state index in [2.05, 4.69) is 25.7 Å². The molecule has 1 saturated heterocycles. The second-order valence-electron chi connectivity index (χ2n) is 8.07. The molecule has 0 spiro atoms. The average molecular weight is 456 g/mol. The molecule has 164 valence electrons. The van der Waals surface area contributed by atoms with Crippen LogP contribution in [0.15, 0.2) is 12.4 Å². The molecular formula is C17H16B6F3N7O. The number of rotatable bonds is 7. The Morgan fingerprint density at radius 3 is 2.32 bits per heavy atom. The summed E-state index contributed by atoms with van der Waals surface area (Å²) in [6.07, 6.45) is -2.66. The number of nitrogens with one attached hydrogen (secondary N) is 2. The van der Waals surface area contributed by atoms with Crippen molar-refractivity contribution in [3.05, 3.63) is 23.7 Å². The Balaban J connectivity index is 2.01. The highest BCUT2D eigenvalue weighted by molar-refractivity contribution is 6.62. The van der Waals surface area contributed by atoms with Crippen LogP contribution in [-0.4, -0.2) is 96.0 Å². The zero-order valence-electron chi connectivity index (χ0n) is 18.5. The minimum atomic E-state index is -4.64. The molecule has 1 aliphatic heterocycles. The highest BCUT2D eigenvalue weighted by Crippen LogP contribution is 2.46. The van der Waals surface area contributed by atoms with Crippen molar-refractivity contribution in [2.24, 2.45) is 0 Å². The summed E-state index contributed by atoms with van der Waals surface area (Å²) in [7, 11) is 35.0. The van der Waals surface area contributed by atoms with E-state index >= 15 is 0 Å². The summed E-state index contributed by atoms with van der Waals surface area (Å²) in [5.74, 6) is -1.29. The first-order chi connectivity index (χ1) is 15.5. The van der Waals surface area contributed by atoms with E-state index in [0.717, 1.165) is 9.58 Å². The molecule has 3 heterocycles. The van der Waals surface area contributed by atoms with Crippen LogP contribution in [0.4, 0.5) is 30.6 Å². The van der Waals surface area contributed by atoms with Crippen LogP contribution in [0, 0.1) is 6.92 Å². The van der Waals surface area contributed by atoms with Crippen molar-refractivity contribution in [1.82, 2.24) is 24.6 Å². The van der Waals surface area contributed by atoms with Crippen LogP contribution in [0.25, 0.3) is 0 Å². The van der Waals surface area contributed by atoms with Gasteiger partial charge < -0.3 is 15.5 Å².